The maximum Gasteiger partial charge on any atom is 0.170 e. The first-order chi connectivity index (χ1) is 8.63. The van der Waals surface area contributed by atoms with Crippen molar-refractivity contribution in [2.75, 3.05) is 25.1 Å². The summed E-state index contributed by atoms with van der Waals surface area (Å²) in [6, 6.07) is 6.08. The maximum atomic E-state index is 5.26. The molecule has 1 aromatic carbocycles. The quantitative estimate of drug-likeness (QED) is 0.399. The second kappa shape index (κ2) is 9.06. The average Bonchev–Trinajstić information content (AvgIpc) is 2.33. The first kappa shape index (κ1) is 16.1. The largest absolute Gasteiger partial charge is 0.382 e. The topological polar surface area (TPSA) is 33.3 Å². The van der Waals surface area contributed by atoms with Gasteiger partial charge < -0.3 is 15.4 Å². The van der Waals surface area contributed by atoms with Gasteiger partial charge in [0.1, 0.15) is 0 Å². The lowest BCUT2D eigenvalue weighted by molar-refractivity contribution is 0.146. The highest BCUT2D eigenvalue weighted by atomic mass is 127. The summed E-state index contributed by atoms with van der Waals surface area (Å²) in [5.74, 6) is 0. The Bertz CT molecular complexity index is 404. The summed E-state index contributed by atoms with van der Waals surface area (Å²) in [4.78, 5) is 0. The fourth-order valence-corrected chi connectivity index (χ4v) is 2.33. The highest BCUT2D eigenvalue weighted by Crippen LogP contribution is 2.24. The third-order valence-electron chi connectivity index (χ3n) is 2.13. The van der Waals surface area contributed by atoms with Crippen LogP contribution in [0.2, 0.25) is 0 Å². The Labute approximate surface area is 135 Å². The van der Waals surface area contributed by atoms with Crippen molar-refractivity contribution in [2.24, 2.45) is 0 Å². The summed E-state index contributed by atoms with van der Waals surface area (Å²) in [5.41, 5.74) is 0.976. The minimum atomic E-state index is 0.634. The molecular formula is C12H16BrIN2OS. The van der Waals surface area contributed by atoms with Crippen LogP contribution in [0.1, 0.15) is 13.3 Å². The van der Waals surface area contributed by atoms with Gasteiger partial charge in [-0.25, -0.2) is 0 Å². The second-order valence-electron chi connectivity index (χ2n) is 3.56. The number of halogens is 2. The van der Waals surface area contributed by atoms with Crippen molar-refractivity contribution in [1.82, 2.24) is 5.32 Å². The summed E-state index contributed by atoms with van der Waals surface area (Å²) in [5, 5.41) is 6.96. The first-order valence-electron chi connectivity index (χ1n) is 5.71. The lowest BCUT2D eigenvalue weighted by Gasteiger charge is -2.12. The zero-order valence-electron chi connectivity index (χ0n) is 10.1. The fourth-order valence-electron chi connectivity index (χ4n) is 1.28. The smallest absolute Gasteiger partial charge is 0.170 e. The molecule has 6 heteroatoms. The first-order valence-corrected chi connectivity index (χ1v) is 7.99. The predicted octanol–water partition coefficient (Wildman–Crippen LogP) is 3.77. The van der Waals surface area contributed by atoms with Gasteiger partial charge in [-0.2, -0.15) is 0 Å². The van der Waals surface area contributed by atoms with Crippen LogP contribution in [-0.2, 0) is 4.74 Å². The molecule has 0 saturated carbocycles. The van der Waals surface area contributed by atoms with Gasteiger partial charge in [0.15, 0.2) is 5.11 Å². The van der Waals surface area contributed by atoms with Crippen molar-refractivity contribution in [1.29, 1.82) is 0 Å². The Balaban J connectivity index is 2.33. The predicted molar refractivity (Wildman–Crippen MR) is 92.2 cm³/mol. The van der Waals surface area contributed by atoms with Crippen LogP contribution in [0.15, 0.2) is 22.7 Å². The van der Waals surface area contributed by atoms with Crippen molar-refractivity contribution in [2.45, 2.75) is 13.3 Å². The molecule has 0 unspecified atom stereocenters. The van der Waals surface area contributed by atoms with Gasteiger partial charge in [-0.15, -0.1) is 0 Å². The molecule has 1 aromatic rings. The molecule has 0 aliphatic heterocycles. The number of benzene rings is 1. The normalized spacial score (nSPS) is 10.2. The van der Waals surface area contributed by atoms with E-state index in [-0.39, 0.29) is 0 Å². The van der Waals surface area contributed by atoms with E-state index in [1.807, 2.05) is 25.1 Å². The Morgan fingerprint density at radius 2 is 2.28 bits per heavy atom. The van der Waals surface area contributed by atoms with E-state index in [9.17, 15) is 0 Å². The summed E-state index contributed by atoms with van der Waals surface area (Å²) in [7, 11) is 0. The number of hydrogen-bond acceptors (Lipinski definition) is 2. The number of anilines is 1. The molecule has 0 atom stereocenters. The van der Waals surface area contributed by atoms with Gasteiger partial charge in [-0.05, 0) is 82.3 Å². The van der Waals surface area contributed by atoms with Crippen molar-refractivity contribution in [3.63, 3.8) is 0 Å². The van der Waals surface area contributed by atoms with Crippen LogP contribution in [0.5, 0.6) is 0 Å². The lowest BCUT2D eigenvalue weighted by atomic mass is 10.3. The van der Waals surface area contributed by atoms with E-state index >= 15 is 0 Å². The van der Waals surface area contributed by atoms with E-state index in [0.717, 1.165) is 39.9 Å². The molecule has 0 amide bonds. The molecule has 2 N–H and O–H groups in total. The minimum Gasteiger partial charge on any atom is -0.382 e. The summed E-state index contributed by atoms with van der Waals surface area (Å²) in [6.45, 7) is 4.33. The second-order valence-corrected chi connectivity index (χ2v) is 6.06. The summed E-state index contributed by atoms with van der Waals surface area (Å²) < 4.78 is 7.42. The molecule has 0 aliphatic rings. The monoisotopic (exact) mass is 442 g/mol. The number of nitrogens with one attached hydrogen (secondary N) is 2. The van der Waals surface area contributed by atoms with E-state index in [2.05, 4.69) is 49.2 Å². The summed E-state index contributed by atoms with van der Waals surface area (Å²) in [6.07, 6.45) is 0.948. The zero-order valence-corrected chi connectivity index (χ0v) is 14.7. The van der Waals surface area contributed by atoms with Crippen LogP contribution in [0.3, 0.4) is 0 Å². The highest BCUT2D eigenvalue weighted by molar-refractivity contribution is 14.1. The molecule has 0 aliphatic carbocycles. The zero-order chi connectivity index (χ0) is 13.4. The Kier molecular flexibility index (Phi) is 8.12. The number of rotatable bonds is 6. The van der Waals surface area contributed by atoms with Crippen molar-refractivity contribution in [3.8, 4) is 0 Å². The number of ether oxygens (including phenoxy) is 1. The summed E-state index contributed by atoms with van der Waals surface area (Å²) >= 11 is 11.0. The van der Waals surface area contributed by atoms with Crippen molar-refractivity contribution >= 4 is 61.5 Å². The van der Waals surface area contributed by atoms with Gasteiger partial charge in [0.25, 0.3) is 0 Å². The van der Waals surface area contributed by atoms with Crippen LogP contribution >= 0.6 is 50.7 Å². The molecule has 0 saturated heterocycles. The minimum absolute atomic E-state index is 0.634. The fraction of sp³-hybridized carbons (Fsp3) is 0.417. The lowest BCUT2D eigenvalue weighted by Crippen LogP contribution is -2.30. The Morgan fingerprint density at radius 3 is 3.00 bits per heavy atom. The number of thiocarbonyl (C=S) groups is 1. The maximum absolute atomic E-state index is 5.26. The van der Waals surface area contributed by atoms with Crippen LogP contribution in [0.4, 0.5) is 5.69 Å². The Hall–Kier alpha value is 0.0800. The molecule has 0 heterocycles. The molecule has 0 fully saturated rings. The van der Waals surface area contributed by atoms with E-state index in [4.69, 9.17) is 17.0 Å². The van der Waals surface area contributed by atoms with E-state index in [1.165, 1.54) is 0 Å². The van der Waals surface area contributed by atoms with Crippen molar-refractivity contribution in [3.05, 3.63) is 26.2 Å². The van der Waals surface area contributed by atoms with Crippen LogP contribution < -0.4 is 10.6 Å². The van der Waals surface area contributed by atoms with Gasteiger partial charge >= 0.3 is 0 Å². The van der Waals surface area contributed by atoms with Crippen LogP contribution in [-0.4, -0.2) is 24.9 Å². The molecule has 0 bridgehead atoms. The van der Waals surface area contributed by atoms with Gasteiger partial charge in [0.2, 0.25) is 0 Å². The van der Waals surface area contributed by atoms with E-state index in [0.29, 0.717) is 5.11 Å². The molecule has 100 valence electrons. The van der Waals surface area contributed by atoms with Crippen LogP contribution in [0, 0.1) is 3.57 Å². The molecule has 0 aromatic heterocycles. The number of hydrogen-bond donors (Lipinski definition) is 2. The molecule has 0 radical (unpaired) electrons. The standard InChI is InChI=1S/C12H16BrIN2OS/c1-2-17-7-3-6-15-12(18)16-11-8-9(14)4-5-10(11)13/h4-5,8H,2-3,6-7H2,1H3,(H2,15,16,18). The van der Waals surface area contributed by atoms with Gasteiger partial charge in [-0.3, -0.25) is 0 Å². The van der Waals surface area contributed by atoms with Gasteiger partial charge in [0.05, 0.1) is 5.69 Å². The molecule has 18 heavy (non-hydrogen) atoms. The molecule has 0 spiro atoms. The van der Waals surface area contributed by atoms with E-state index < -0.39 is 0 Å². The third kappa shape index (κ3) is 6.31. The van der Waals surface area contributed by atoms with Crippen LogP contribution in [0.25, 0.3) is 0 Å². The van der Waals surface area contributed by atoms with Gasteiger partial charge in [0, 0.05) is 27.8 Å². The third-order valence-corrected chi connectivity index (χ3v) is 3.74. The Morgan fingerprint density at radius 1 is 1.50 bits per heavy atom. The van der Waals surface area contributed by atoms with E-state index in [1.54, 1.807) is 0 Å². The molecule has 1 rings (SSSR count). The molecular weight excluding hydrogens is 427 g/mol. The highest BCUT2D eigenvalue weighted by Gasteiger charge is 2.02. The average molecular weight is 443 g/mol. The SMILES string of the molecule is CCOCCCNC(=S)Nc1cc(I)ccc1Br. The van der Waals surface area contributed by atoms with Gasteiger partial charge in [-0.1, -0.05) is 0 Å². The molecule has 3 nitrogen and oxygen atoms in total. The van der Waals surface area contributed by atoms with Crippen molar-refractivity contribution < 1.29 is 4.74 Å².